The molecule has 1 heterocycles. The van der Waals surface area contributed by atoms with E-state index in [0.717, 1.165) is 7.11 Å². The Morgan fingerprint density at radius 1 is 1.13 bits per heavy atom. The first-order valence-electron chi connectivity index (χ1n) is 6.22. The first-order chi connectivity index (χ1) is 10.8. The fourth-order valence-corrected chi connectivity index (χ4v) is 3.06. The molecule has 1 aromatic heterocycles. The van der Waals surface area contributed by atoms with Crippen LogP contribution in [0.25, 0.3) is 0 Å². The molecular weight excluding hydrogens is 344 g/mol. The molecule has 2 rings (SSSR count). The molecule has 0 saturated heterocycles. The van der Waals surface area contributed by atoms with Gasteiger partial charge in [0.05, 0.1) is 12.7 Å². The zero-order valence-electron chi connectivity index (χ0n) is 11.8. The normalized spacial score (nSPS) is 10.9. The SMILES string of the molecule is COC(=O)c1ccccc1S(=O)(=O)NC(=O)c1cccc(Cl)n1. The molecular formula is C14H11ClN2O5S. The van der Waals surface area contributed by atoms with Gasteiger partial charge in [-0.15, -0.1) is 0 Å². The van der Waals surface area contributed by atoms with E-state index in [9.17, 15) is 18.0 Å². The van der Waals surface area contributed by atoms with E-state index in [1.54, 1.807) is 0 Å². The highest BCUT2D eigenvalue weighted by molar-refractivity contribution is 7.90. The summed E-state index contributed by atoms with van der Waals surface area (Å²) < 4.78 is 31.1. The number of halogens is 1. The van der Waals surface area contributed by atoms with Gasteiger partial charge in [0, 0.05) is 0 Å². The Bertz CT molecular complexity index is 867. The third-order valence-electron chi connectivity index (χ3n) is 2.76. The number of esters is 1. The van der Waals surface area contributed by atoms with E-state index in [2.05, 4.69) is 9.72 Å². The van der Waals surface area contributed by atoms with Gasteiger partial charge in [0.2, 0.25) is 0 Å². The maximum absolute atomic E-state index is 12.3. The van der Waals surface area contributed by atoms with E-state index in [1.165, 1.54) is 42.5 Å². The smallest absolute Gasteiger partial charge is 0.339 e. The molecule has 0 fully saturated rings. The number of nitrogens with one attached hydrogen (secondary N) is 1. The molecule has 2 aromatic rings. The van der Waals surface area contributed by atoms with Gasteiger partial charge in [-0.25, -0.2) is 22.9 Å². The Balaban J connectivity index is 2.37. The molecule has 0 radical (unpaired) electrons. The third-order valence-corrected chi connectivity index (χ3v) is 4.36. The fraction of sp³-hybridized carbons (Fsp3) is 0.0714. The second-order valence-corrected chi connectivity index (χ2v) is 6.31. The van der Waals surface area contributed by atoms with Crippen LogP contribution in [0.1, 0.15) is 20.8 Å². The molecule has 23 heavy (non-hydrogen) atoms. The minimum atomic E-state index is -4.29. The van der Waals surface area contributed by atoms with Crippen molar-refractivity contribution >= 4 is 33.5 Å². The van der Waals surface area contributed by atoms with E-state index in [-0.39, 0.29) is 21.3 Å². The summed E-state index contributed by atoms with van der Waals surface area (Å²) in [7, 11) is -3.16. The van der Waals surface area contributed by atoms with Crippen molar-refractivity contribution in [3.63, 3.8) is 0 Å². The Labute approximate surface area is 137 Å². The van der Waals surface area contributed by atoms with Gasteiger partial charge in [-0.3, -0.25) is 4.79 Å². The topological polar surface area (TPSA) is 102 Å². The number of methoxy groups -OCH3 is 1. The number of sulfonamides is 1. The number of pyridine rings is 1. The molecule has 0 atom stereocenters. The molecule has 0 aliphatic carbocycles. The molecule has 7 nitrogen and oxygen atoms in total. The van der Waals surface area contributed by atoms with Crippen molar-refractivity contribution in [1.29, 1.82) is 0 Å². The van der Waals surface area contributed by atoms with Crippen LogP contribution in [-0.4, -0.2) is 32.4 Å². The van der Waals surface area contributed by atoms with Crippen LogP contribution >= 0.6 is 11.6 Å². The minimum absolute atomic E-state index is 0.0463. The van der Waals surface area contributed by atoms with E-state index >= 15 is 0 Å². The molecule has 0 bridgehead atoms. The summed E-state index contributed by atoms with van der Waals surface area (Å²) in [6.07, 6.45) is 0. The zero-order valence-corrected chi connectivity index (χ0v) is 13.4. The number of hydrogen-bond donors (Lipinski definition) is 1. The average Bonchev–Trinajstić information content (AvgIpc) is 2.53. The highest BCUT2D eigenvalue weighted by Gasteiger charge is 2.25. The van der Waals surface area contributed by atoms with Crippen LogP contribution < -0.4 is 4.72 Å². The Hall–Kier alpha value is -2.45. The van der Waals surface area contributed by atoms with Crippen LogP contribution in [0.2, 0.25) is 5.15 Å². The van der Waals surface area contributed by atoms with E-state index in [4.69, 9.17) is 11.6 Å². The van der Waals surface area contributed by atoms with Gasteiger partial charge in [0.25, 0.3) is 15.9 Å². The lowest BCUT2D eigenvalue weighted by molar-refractivity contribution is 0.0596. The first kappa shape index (κ1) is 16.9. The second-order valence-electron chi connectivity index (χ2n) is 4.27. The highest BCUT2D eigenvalue weighted by Crippen LogP contribution is 2.17. The second kappa shape index (κ2) is 6.76. The predicted molar refractivity (Wildman–Crippen MR) is 81.7 cm³/mol. The molecule has 120 valence electrons. The minimum Gasteiger partial charge on any atom is -0.465 e. The molecule has 0 unspecified atom stereocenters. The van der Waals surface area contributed by atoms with Gasteiger partial charge >= 0.3 is 5.97 Å². The van der Waals surface area contributed by atoms with E-state index in [0.29, 0.717) is 0 Å². The molecule has 0 saturated carbocycles. The highest BCUT2D eigenvalue weighted by atomic mass is 35.5. The van der Waals surface area contributed by atoms with E-state index in [1.807, 2.05) is 4.72 Å². The number of ether oxygens (including phenoxy) is 1. The monoisotopic (exact) mass is 354 g/mol. The van der Waals surface area contributed by atoms with Gasteiger partial charge < -0.3 is 4.74 Å². The fourth-order valence-electron chi connectivity index (χ4n) is 1.74. The van der Waals surface area contributed by atoms with Crippen molar-refractivity contribution in [1.82, 2.24) is 9.71 Å². The molecule has 1 N–H and O–H groups in total. The number of aromatic nitrogens is 1. The van der Waals surface area contributed by atoms with Crippen molar-refractivity contribution in [2.45, 2.75) is 4.90 Å². The van der Waals surface area contributed by atoms with Crippen molar-refractivity contribution in [3.8, 4) is 0 Å². The Kier molecular flexibility index (Phi) is 4.97. The van der Waals surface area contributed by atoms with Gasteiger partial charge in [0.15, 0.2) is 0 Å². The Morgan fingerprint density at radius 3 is 2.48 bits per heavy atom. The van der Waals surface area contributed by atoms with Gasteiger partial charge in [-0.2, -0.15) is 0 Å². The lowest BCUT2D eigenvalue weighted by atomic mass is 10.2. The summed E-state index contributed by atoms with van der Waals surface area (Å²) >= 11 is 5.66. The van der Waals surface area contributed by atoms with E-state index < -0.39 is 21.9 Å². The summed E-state index contributed by atoms with van der Waals surface area (Å²) in [6.45, 7) is 0. The van der Waals surface area contributed by atoms with Crippen LogP contribution in [0.4, 0.5) is 0 Å². The molecule has 0 aliphatic heterocycles. The summed E-state index contributed by atoms with van der Waals surface area (Å²) in [5.41, 5.74) is -0.356. The number of nitrogens with zero attached hydrogens (tertiary/aromatic N) is 1. The third kappa shape index (κ3) is 3.85. The number of rotatable bonds is 4. The van der Waals surface area contributed by atoms with Crippen molar-refractivity contribution in [2.24, 2.45) is 0 Å². The van der Waals surface area contributed by atoms with Crippen molar-refractivity contribution in [2.75, 3.05) is 7.11 Å². The molecule has 1 aromatic carbocycles. The first-order valence-corrected chi connectivity index (χ1v) is 8.08. The summed E-state index contributed by atoms with van der Waals surface area (Å²) in [5.74, 6) is -1.80. The van der Waals surface area contributed by atoms with Crippen molar-refractivity contribution in [3.05, 3.63) is 58.9 Å². The van der Waals surface area contributed by atoms with Crippen LogP contribution in [0, 0.1) is 0 Å². The number of carbonyl (C=O) groups excluding carboxylic acids is 2. The maximum Gasteiger partial charge on any atom is 0.339 e. The van der Waals surface area contributed by atoms with Gasteiger partial charge in [-0.05, 0) is 24.3 Å². The van der Waals surface area contributed by atoms with Crippen LogP contribution in [0.5, 0.6) is 0 Å². The van der Waals surface area contributed by atoms with Gasteiger partial charge in [-0.1, -0.05) is 29.8 Å². The van der Waals surface area contributed by atoms with Crippen molar-refractivity contribution < 1.29 is 22.7 Å². The molecule has 0 aliphatic rings. The maximum atomic E-state index is 12.3. The summed E-state index contributed by atoms with van der Waals surface area (Å²) in [5, 5.41) is 0.0463. The molecule has 1 amide bonds. The van der Waals surface area contributed by atoms with Gasteiger partial charge in [0.1, 0.15) is 15.7 Å². The number of benzene rings is 1. The summed E-state index contributed by atoms with van der Waals surface area (Å²) in [6, 6.07) is 9.58. The number of amides is 1. The number of carbonyl (C=O) groups is 2. The van der Waals surface area contributed by atoms with Crippen LogP contribution in [-0.2, 0) is 14.8 Å². The standard InChI is InChI=1S/C14H11ClN2O5S/c1-22-14(19)9-5-2-3-7-11(9)23(20,21)17-13(18)10-6-4-8-12(15)16-10/h2-8H,1H3,(H,17,18). The van der Waals surface area contributed by atoms with Crippen LogP contribution in [0.3, 0.4) is 0 Å². The average molecular weight is 355 g/mol. The number of hydrogen-bond acceptors (Lipinski definition) is 6. The molecule has 0 spiro atoms. The lowest BCUT2D eigenvalue weighted by Gasteiger charge is -2.10. The largest absolute Gasteiger partial charge is 0.465 e. The lowest BCUT2D eigenvalue weighted by Crippen LogP contribution is -2.32. The Morgan fingerprint density at radius 2 is 1.83 bits per heavy atom. The zero-order chi connectivity index (χ0) is 17.0. The quantitative estimate of drug-likeness (QED) is 0.661. The van der Waals surface area contributed by atoms with Crippen LogP contribution in [0.15, 0.2) is 47.4 Å². The predicted octanol–water partition coefficient (Wildman–Crippen LogP) is 1.64. The summed E-state index contributed by atoms with van der Waals surface area (Å²) in [4.78, 5) is 27.0. The molecule has 9 heteroatoms.